The van der Waals surface area contributed by atoms with E-state index < -0.39 is 0 Å². The number of aryl methyl sites for hydroxylation is 4. The summed E-state index contributed by atoms with van der Waals surface area (Å²) in [5.41, 5.74) is 4.66. The highest BCUT2D eigenvalue weighted by Gasteiger charge is 2.15. The van der Waals surface area contributed by atoms with Gasteiger partial charge in [-0.25, -0.2) is 0 Å². The lowest BCUT2D eigenvalue weighted by atomic mass is 10.0. The zero-order valence-corrected chi connectivity index (χ0v) is 12.3. The highest BCUT2D eigenvalue weighted by molar-refractivity contribution is 5.51. The first-order valence-electron chi connectivity index (χ1n) is 6.73. The third-order valence-corrected chi connectivity index (χ3v) is 3.63. The molecule has 0 N–H and O–H groups in total. The van der Waals surface area contributed by atoms with Gasteiger partial charge in [0.05, 0.1) is 5.69 Å². The zero-order chi connectivity index (χ0) is 14.9. The summed E-state index contributed by atoms with van der Waals surface area (Å²) in [4.78, 5) is 12.6. The number of nitriles is 1. The maximum absolute atomic E-state index is 12.6. The van der Waals surface area contributed by atoms with Crippen LogP contribution in [0, 0.1) is 32.1 Å². The maximum Gasteiger partial charge on any atom is 0.273 e. The summed E-state index contributed by atoms with van der Waals surface area (Å²) in [6, 6.07) is 9.94. The Bertz CT molecular complexity index is 764. The number of hydrogen-bond acceptors (Lipinski definition) is 2. The van der Waals surface area contributed by atoms with E-state index in [0.717, 1.165) is 34.5 Å². The van der Waals surface area contributed by atoms with Crippen molar-refractivity contribution in [2.45, 2.75) is 34.1 Å². The summed E-state index contributed by atoms with van der Waals surface area (Å²) in [5.74, 6) is 0. The van der Waals surface area contributed by atoms with Crippen molar-refractivity contribution in [2.75, 3.05) is 0 Å². The lowest BCUT2D eigenvalue weighted by Gasteiger charge is -2.17. The molecule has 0 amide bonds. The second-order valence-corrected chi connectivity index (χ2v) is 5.03. The van der Waals surface area contributed by atoms with Crippen LogP contribution in [0.3, 0.4) is 0 Å². The van der Waals surface area contributed by atoms with Gasteiger partial charge in [-0.2, -0.15) is 5.26 Å². The molecule has 1 aromatic carbocycles. The van der Waals surface area contributed by atoms with Crippen LogP contribution in [0.1, 0.15) is 34.9 Å². The molecule has 0 saturated carbocycles. The summed E-state index contributed by atoms with van der Waals surface area (Å²) < 4.78 is 1.67. The Balaban J connectivity index is 2.92. The van der Waals surface area contributed by atoms with Crippen LogP contribution in [-0.2, 0) is 6.42 Å². The predicted molar refractivity (Wildman–Crippen MR) is 80.3 cm³/mol. The molecule has 3 nitrogen and oxygen atoms in total. The summed E-state index contributed by atoms with van der Waals surface area (Å²) in [6.07, 6.45) is 0.846. The molecule has 1 aromatic heterocycles. The molecule has 0 unspecified atom stereocenters. The van der Waals surface area contributed by atoms with Gasteiger partial charge in [0.1, 0.15) is 11.6 Å². The van der Waals surface area contributed by atoms with E-state index in [2.05, 4.69) is 6.92 Å². The van der Waals surface area contributed by atoms with Crippen molar-refractivity contribution in [1.29, 1.82) is 5.26 Å². The lowest BCUT2D eigenvalue weighted by Crippen LogP contribution is -2.25. The van der Waals surface area contributed by atoms with Gasteiger partial charge in [-0.15, -0.1) is 0 Å². The van der Waals surface area contributed by atoms with E-state index in [0.29, 0.717) is 0 Å². The van der Waals surface area contributed by atoms with Crippen molar-refractivity contribution in [3.8, 4) is 11.8 Å². The number of pyridine rings is 1. The van der Waals surface area contributed by atoms with Gasteiger partial charge in [-0.1, -0.05) is 25.1 Å². The van der Waals surface area contributed by atoms with Crippen LogP contribution in [0.25, 0.3) is 5.69 Å². The first-order valence-corrected chi connectivity index (χ1v) is 6.73. The van der Waals surface area contributed by atoms with Crippen molar-refractivity contribution < 1.29 is 0 Å². The second kappa shape index (κ2) is 5.34. The number of hydrogen-bond donors (Lipinski definition) is 0. The van der Waals surface area contributed by atoms with Crippen LogP contribution in [0.5, 0.6) is 0 Å². The highest BCUT2D eigenvalue weighted by Crippen LogP contribution is 2.21. The van der Waals surface area contributed by atoms with Crippen molar-refractivity contribution >= 4 is 0 Å². The molecule has 0 atom stereocenters. The summed E-state index contributed by atoms with van der Waals surface area (Å²) in [7, 11) is 0. The van der Waals surface area contributed by atoms with Crippen LogP contribution in [-0.4, -0.2) is 4.57 Å². The van der Waals surface area contributed by atoms with E-state index >= 15 is 0 Å². The number of aromatic nitrogens is 1. The van der Waals surface area contributed by atoms with Gasteiger partial charge >= 0.3 is 0 Å². The molecule has 2 rings (SSSR count). The molecule has 1 heterocycles. The van der Waals surface area contributed by atoms with Crippen LogP contribution in [0.15, 0.2) is 29.1 Å². The van der Waals surface area contributed by atoms with Gasteiger partial charge in [-0.05, 0) is 49.9 Å². The SMILES string of the molecule is CCc1cccc(C)c1-n1c(C)cc(C)c(C#N)c1=O. The Hall–Kier alpha value is -2.34. The minimum Gasteiger partial charge on any atom is -0.280 e. The fraction of sp³-hybridized carbons (Fsp3) is 0.294. The van der Waals surface area contributed by atoms with Crippen LogP contribution < -0.4 is 5.56 Å². The number of rotatable bonds is 2. The normalized spacial score (nSPS) is 10.3. The number of benzene rings is 1. The fourth-order valence-electron chi connectivity index (χ4n) is 2.63. The average molecular weight is 266 g/mol. The van der Waals surface area contributed by atoms with E-state index in [1.807, 2.05) is 44.2 Å². The Morgan fingerprint density at radius 2 is 1.90 bits per heavy atom. The van der Waals surface area contributed by atoms with Crippen molar-refractivity contribution in [3.63, 3.8) is 0 Å². The molecule has 2 aromatic rings. The van der Waals surface area contributed by atoms with Gasteiger partial charge < -0.3 is 0 Å². The van der Waals surface area contributed by atoms with E-state index in [1.54, 1.807) is 11.5 Å². The first-order chi connectivity index (χ1) is 9.51. The molecule has 0 aliphatic rings. The molecule has 0 saturated heterocycles. The van der Waals surface area contributed by atoms with E-state index in [9.17, 15) is 10.1 Å². The van der Waals surface area contributed by atoms with Crippen LogP contribution in [0.2, 0.25) is 0 Å². The van der Waals surface area contributed by atoms with E-state index in [-0.39, 0.29) is 11.1 Å². The van der Waals surface area contributed by atoms with E-state index in [1.165, 1.54) is 0 Å². The fourth-order valence-corrected chi connectivity index (χ4v) is 2.63. The predicted octanol–water partition coefficient (Wildman–Crippen LogP) is 3.20. The quantitative estimate of drug-likeness (QED) is 0.838. The molecule has 0 aliphatic heterocycles. The monoisotopic (exact) mass is 266 g/mol. The minimum atomic E-state index is -0.228. The molecule has 0 fully saturated rings. The Morgan fingerprint density at radius 3 is 2.50 bits per heavy atom. The Morgan fingerprint density at radius 1 is 1.20 bits per heavy atom. The van der Waals surface area contributed by atoms with Crippen molar-refractivity contribution in [1.82, 2.24) is 4.57 Å². The molecule has 0 bridgehead atoms. The second-order valence-electron chi connectivity index (χ2n) is 5.03. The largest absolute Gasteiger partial charge is 0.280 e. The summed E-state index contributed by atoms with van der Waals surface area (Å²) in [5, 5.41) is 9.19. The average Bonchev–Trinajstić information content (AvgIpc) is 2.40. The van der Waals surface area contributed by atoms with Crippen LogP contribution in [0.4, 0.5) is 0 Å². The Kier molecular flexibility index (Phi) is 3.76. The number of para-hydroxylation sites is 1. The summed E-state index contributed by atoms with van der Waals surface area (Å²) in [6.45, 7) is 7.77. The van der Waals surface area contributed by atoms with Crippen LogP contribution >= 0.6 is 0 Å². The molecule has 0 radical (unpaired) electrons. The molecule has 0 aliphatic carbocycles. The molecule has 3 heteroatoms. The molecule has 102 valence electrons. The number of nitrogens with zero attached hydrogens (tertiary/aromatic N) is 2. The molecule has 20 heavy (non-hydrogen) atoms. The van der Waals surface area contributed by atoms with Crippen molar-refractivity contribution in [3.05, 3.63) is 62.6 Å². The summed E-state index contributed by atoms with van der Waals surface area (Å²) >= 11 is 0. The van der Waals surface area contributed by atoms with Gasteiger partial charge in [0, 0.05) is 5.69 Å². The highest BCUT2D eigenvalue weighted by atomic mass is 16.1. The third kappa shape index (κ3) is 2.14. The van der Waals surface area contributed by atoms with Gasteiger partial charge in [0.15, 0.2) is 0 Å². The standard InChI is InChI=1S/C17H18N2O/c1-5-14-8-6-7-11(2)16(14)19-13(4)9-12(3)15(10-18)17(19)20/h6-9H,5H2,1-4H3. The zero-order valence-electron chi connectivity index (χ0n) is 12.3. The maximum atomic E-state index is 12.6. The third-order valence-electron chi connectivity index (χ3n) is 3.63. The van der Waals surface area contributed by atoms with Gasteiger partial charge in [-0.3, -0.25) is 9.36 Å². The molecule has 0 spiro atoms. The van der Waals surface area contributed by atoms with Gasteiger partial charge in [0.25, 0.3) is 5.56 Å². The van der Waals surface area contributed by atoms with Crippen molar-refractivity contribution in [2.24, 2.45) is 0 Å². The smallest absolute Gasteiger partial charge is 0.273 e. The molecular weight excluding hydrogens is 248 g/mol. The minimum absolute atomic E-state index is 0.223. The Labute approximate surface area is 119 Å². The lowest BCUT2D eigenvalue weighted by molar-refractivity contribution is 0.891. The topological polar surface area (TPSA) is 45.8 Å². The van der Waals surface area contributed by atoms with Gasteiger partial charge in [0.2, 0.25) is 0 Å². The van der Waals surface area contributed by atoms with E-state index in [4.69, 9.17) is 0 Å². The first kappa shape index (κ1) is 14.1. The molecular formula is C17H18N2O.